The molecule has 1 rings (SSSR count). The lowest BCUT2D eigenvalue weighted by atomic mass is 9.80. The van der Waals surface area contributed by atoms with Gasteiger partial charge in [0.05, 0.1) is 5.60 Å². The predicted molar refractivity (Wildman–Crippen MR) is 48.3 cm³/mol. The largest absolute Gasteiger partial charge is 0.480 e. The molecule has 1 atom stereocenters. The maximum atomic E-state index is 10.5. The van der Waals surface area contributed by atoms with E-state index in [9.17, 15) is 9.90 Å². The zero-order valence-electron chi connectivity index (χ0n) is 7.70. The van der Waals surface area contributed by atoms with E-state index in [-0.39, 0.29) is 6.42 Å². The summed E-state index contributed by atoms with van der Waals surface area (Å²) in [6, 6.07) is -0.928. The van der Waals surface area contributed by atoms with Gasteiger partial charge in [0.1, 0.15) is 6.04 Å². The Morgan fingerprint density at radius 2 is 1.92 bits per heavy atom. The summed E-state index contributed by atoms with van der Waals surface area (Å²) in [5.74, 6) is -1.03. The lowest BCUT2D eigenvalue weighted by molar-refractivity contribution is -0.140. The Morgan fingerprint density at radius 3 is 2.38 bits per heavy atom. The number of aliphatic hydroxyl groups is 1. The van der Waals surface area contributed by atoms with Crippen molar-refractivity contribution in [3.05, 3.63) is 0 Å². The summed E-state index contributed by atoms with van der Waals surface area (Å²) in [7, 11) is 0. The van der Waals surface area contributed by atoms with Gasteiger partial charge in [-0.15, -0.1) is 0 Å². The molecule has 0 aromatic heterocycles. The lowest BCUT2D eigenvalue weighted by Gasteiger charge is -2.33. The van der Waals surface area contributed by atoms with Gasteiger partial charge < -0.3 is 15.9 Å². The van der Waals surface area contributed by atoms with Gasteiger partial charge in [-0.1, -0.05) is 19.3 Å². The summed E-state index contributed by atoms with van der Waals surface area (Å²) in [5, 5.41) is 18.5. The third-order valence-electron chi connectivity index (χ3n) is 2.70. The highest BCUT2D eigenvalue weighted by Crippen LogP contribution is 2.31. The van der Waals surface area contributed by atoms with Crippen molar-refractivity contribution in [2.45, 2.75) is 50.2 Å². The second kappa shape index (κ2) is 4.07. The topological polar surface area (TPSA) is 83.5 Å². The van der Waals surface area contributed by atoms with Crippen molar-refractivity contribution in [2.24, 2.45) is 5.73 Å². The molecule has 4 heteroatoms. The van der Waals surface area contributed by atoms with Crippen LogP contribution in [0.1, 0.15) is 38.5 Å². The molecular formula is C9H17NO3. The Kier molecular flexibility index (Phi) is 3.27. The average molecular weight is 187 g/mol. The minimum absolute atomic E-state index is 0.183. The number of hydrogen-bond acceptors (Lipinski definition) is 3. The average Bonchev–Trinajstić information content (AvgIpc) is 2.04. The van der Waals surface area contributed by atoms with E-state index in [1.807, 2.05) is 0 Å². The summed E-state index contributed by atoms with van der Waals surface area (Å²) < 4.78 is 0. The number of carbonyl (C=O) groups is 1. The molecule has 4 N–H and O–H groups in total. The summed E-state index contributed by atoms with van der Waals surface area (Å²) >= 11 is 0. The van der Waals surface area contributed by atoms with Gasteiger partial charge >= 0.3 is 5.97 Å². The van der Waals surface area contributed by atoms with E-state index in [4.69, 9.17) is 10.8 Å². The van der Waals surface area contributed by atoms with Crippen LogP contribution in [0.2, 0.25) is 0 Å². The van der Waals surface area contributed by atoms with Crippen molar-refractivity contribution in [1.29, 1.82) is 0 Å². The number of rotatable bonds is 3. The zero-order chi connectivity index (χ0) is 9.90. The highest BCUT2D eigenvalue weighted by molar-refractivity contribution is 5.73. The van der Waals surface area contributed by atoms with Gasteiger partial charge in [-0.05, 0) is 12.8 Å². The van der Waals surface area contributed by atoms with E-state index >= 15 is 0 Å². The van der Waals surface area contributed by atoms with Gasteiger partial charge in [-0.25, -0.2) is 0 Å². The number of aliphatic carboxylic acids is 1. The van der Waals surface area contributed by atoms with Crippen LogP contribution in [0.3, 0.4) is 0 Å². The molecule has 1 aliphatic rings. The summed E-state index contributed by atoms with van der Waals surface area (Å²) in [6.45, 7) is 0. The van der Waals surface area contributed by atoms with E-state index in [0.29, 0.717) is 12.8 Å². The Hall–Kier alpha value is -0.610. The zero-order valence-corrected chi connectivity index (χ0v) is 7.70. The Morgan fingerprint density at radius 1 is 1.38 bits per heavy atom. The van der Waals surface area contributed by atoms with Crippen LogP contribution < -0.4 is 5.73 Å². The molecule has 1 saturated carbocycles. The number of carboxylic acid groups (broad SMARTS) is 1. The van der Waals surface area contributed by atoms with E-state index in [0.717, 1.165) is 19.3 Å². The van der Waals surface area contributed by atoms with Crippen molar-refractivity contribution >= 4 is 5.97 Å². The summed E-state index contributed by atoms with van der Waals surface area (Å²) in [4.78, 5) is 10.5. The van der Waals surface area contributed by atoms with Crippen LogP contribution in [0.5, 0.6) is 0 Å². The maximum absolute atomic E-state index is 10.5. The summed E-state index contributed by atoms with van der Waals surface area (Å²) in [6.07, 6.45) is 4.64. The van der Waals surface area contributed by atoms with Crippen LogP contribution >= 0.6 is 0 Å². The van der Waals surface area contributed by atoms with Crippen molar-refractivity contribution in [3.8, 4) is 0 Å². The van der Waals surface area contributed by atoms with E-state index < -0.39 is 17.6 Å². The molecule has 1 aliphatic carbocycles. The fourth-order valence-corrected chi connectivity index (χ4v) is 1.91. The first-order valence-corrected chi connectivity index (χ1v) is 4.74. The molecule has 13 heavy (non-hydrogen) atoms. The third kappa shape index (κ3) is 2.97. The van der Waals surface area contributed by atoms with Crippen molar-refractivity contribution in [1.82, 2.24) is 0 Å². The summed E-state index contributed by atoms with van der Waals surface area (Å²) in [5.41, 5.74) is 4.55. The third-order valence-corrected chi connectivity index (χ3v) is 2.70. The second-order valence-corrected chi connectivity index (χ2v) is 3.93. The van der Waals surface area contributed by atoms with Gasteiger partial charge in [-0.3, -0.25) is 4.79 Å². The van der Waals surface area contributed by atoms with E-state index in [2.05, 4.69) is 0 Å². The minimum atomic E-state index is -1.03. The molecule has 0 amide bonds. The van der Waals surface area contributed by atoms with Gasteiger partial charge in [0, 0.05) is 6.42 Å². The predicted octanol–water partition coefficient (Wildman–Crippen LogP) is 0.484. The molecule has 4 nitrogen and oxygen atoms in total. The van der Waals surface area contributed by atoms with Gasteiger partial charge in [0.15, 0.2) is 0 Å². The Balaban J connectivity index is 2.45. The standard InChI is InChI=1S/C9H17NO3/c10-7(8(11)12)6-9(13)4-2-1-3-5-9/h7,13H,1-6,10H2,(H,11,12)/t7-/m0/s1. The van der Waals surface area contributed by atoms with Gasteiger partial charge in [-0.2, -0.15) is 0 Å². The minimum Gasteiger partial charge on any atom is -0.480 e. The van der Waals surface area contributed by atoms with Gasteiger partial charge in [0.25, 0.3) is 0 Å². The van der Waals surface area contributed by atoms with Crippen molar-refractivity contribution in [3.63, 3.8) is 0 Å². The quantitative estimate of drug-likeness (QED) is 0.600. The van der Waals surface area contributed by atoms with Crippen LogP contribution in [0, 0.1) is 0 Å². The second-order valence-electron chi connectivity index (χ2n) is 3.93. The lowest BCUT2D eigenvalue weighted by Crippen LogP contribution is -2.42. The SMILES string of the molecule is N[C@@H](CC1(O)CCCCC1)C(=O)O. The van der Waals surface area contributed by atoms with Crippen LogP contribution in [-0.2, 0) is 4.79 Å². The first kappa shape index (κ1) is 10.5. The molecule has 0 saturated heterocycles. The first-order valence-electron chi connectivity index (χ1n) is 4.74. The fourth-order valence-electron chi connectivity index (χ4n) is 1.91. The monoisotopic (exact) mass is 187 g/mol. The number of carboxylic acids is 1. The highest BCUT2D eigenvalue weighted by atomic mass is 16.4. The van der Waals surface area contributed by atoms with E-state index in [1.54, 1.807) is 0 Å². The van der Waals surface area contributed by atoms with Crippen LogP contribution in [0.4, 0.5) is 0 Å². The molecular weight excluding hydrogens is 170 g/mol. The van der Waals surface area contributed by atoms with Crippen molar-refractivity contribution < 1.29 is 15.0 Å². The van der Waals surface area contributed by atoms with Crippen LogP contribution in [-0.4, -0.2) is 27.8 Å². The van der Waals surface area contributed by atoms with Crippen LogP contribution in [0.15, 0.2) is 0 Å². The molecule has 1 fully saturated rings. The molecule has 76 valence electrons. The molecule has 0 bridgehead atoms. The highest BCUT2D eigenvalue weighted by Gasteiger charge is 2.32. The Labute approximate surface area is 77.7 Å². The molecule has 0 aromatic rings. The molecule has 0 aromatic carbocycles. The smallest absolute Gasteiger partial charge is 0.320 e. The molecule has 0 unspecified atom stereocenters. The number of nitrogens with two attached hydrogens (primary N) is 1. The molecule has 0 heterocycles. The molecule has 0 spiro atoms. The normalized spacial score (nSPS) is 23.8. The molecule has 0 aliphatic heterocycles. The van der Waals surface area contributed by atoms with Crippen LogP contribution in [0.25, 0.3) is 0 Å². The Bertz CT molecular complexity index is 187. The number of hydrogen-bond donors (Lipinski definition) is 3. The first-order chi connectivity index (χ1) is 6.03. The van der Waals surface area contributed by atoms with Gasteiger partial charge in [0.2, 0.25) is 0 Å². The van der Waals surface area contributed by atoms with Crippen molar-refractivity contribution in [2.75, 3.05) is 0 Å². The van der Waals surface area contributed by atoms with E-state index in [1.165, 1.54) is 0 Å². The fraction of sp³-hybridized carbons (Fsp3) is 0.889. The molecule has 0 radical (unpaired) electrons. The maximum Gasteiger partial charge on any atom is 0.320 e.